The molecule has 0 aromatic carbocycles. The zero-order valence-electron chi connectivity index (χ0n) is 8.47. The first-order chi connectivity index (χ1) is 5.99. The average Bonchev–Trinajstić information content (AvgIpc) is 2.13. The second-order valence-electron chi connectivity index (χ2n) is 2.31. The molecule has 0 aliphatic carbocycles. The SMILES string of the molecule is COP(=O)(N=C(SC)N(C)C)SC. The molecule has 0 saturated carbocycles. The zero-order valence-corrected chi connectivity index (χ0v) is 11.0. The van der Waals surface area contributed by atoms with Crippen LogP contribution in [0.2, 0.25) is 0 Å². The van der Waals surface area contributed by atoms with Gasteiger partial charge in [0.25, 0.3) is 0 Å². The molecular weight excluding hydrogens is 227 g/mol. The minimum absolute atomic E-state index is 0.708. The molecule has 0 aliphatic rings. The molecule has 0 bridgehead atoms. The number of hydrogen-bond donors (Lipinski definition) is 0. The molecule has 7 heteroatoms. The van der Waals surface area contributed by atoms with E-state index in [0.717, 1.165) is 11.4 Å². The maximum absolute atomic E-state index is 11.7. The van der Waals surface area contributed by atoms with Gasteiger partial charge in [-0.3, -0.25) is 4.57 Å². The van der Waals surface area contributed by atoms with E-state index in [4.69, 9.17) is 4.52 Å². The lowest BCUT2D eigenvalue weighted by Crippen LogP contribution is -2.17. The number of rotatable bonds is 3. The minimum atomic E-state index is -2.87. The molecule has 0 saturated heterocycles. The fourth-order valence-electron chi connectivity index (χ4n) is 0.574. The summed E-state index contributed by atoms with van der Waals surface area (Å²) in [6.45, 7) is -2.87. The molecule has 0 N–H and O–H groups in total. The Kier molecular flexibility index (Phi) is 6.12. The Hall–Kier alpha value is 0.360. The van der Waals surface area contributed by atoms with Gasteiger partial charge in [0, 0.05) is 21.2 Å². The molecule has 0 heterocycles. The molecule has 0 aromatic rings. The number of nitrogens with zero attached hydrogens (tertiary/aromatic N) is 2. The third-order valence-corrected chi connectivity index (χ3v) is 5.63. The molecule has 13 heavy (non-hydrogen) atoms. The van der Waals surface area contributed by atoms with E-state index in [-0.39, 0.29) is 0 Å². The Bertz CT molecular complexity index is 225. The molecule has 0 aliphatic heterocycles. The van der Waals surface area contributed by atoms with Crippen molar-refractivity contribution in [3.8, 4) is 0 Å². The van der Waals surface area contributed by atoms with Gasteiger partial charge in [-0.15, -0.1) is 0 Å². The Morgan fingerprint density at radius 2 is 2.00 bits per heavy atom. The van der Waals surface area contributed by atoms with E-state index in [9.17, 15) is 4.57 Å². The van der Waals surface area contributed by atoms with Crippen LogP contribution < -0.4 is 0 Å². The molecular formula is C6H15N2O2PS2. The Morgan fingerprint density at radius 3 is 2.23 bits per heavy atom. The van der Waals surface area contributed by atoms with Gasteiger partial charge in [0.1, 0.15) is 0 Å². The molecule has 0 fully saturated rings. The first kappa shape index (κ1) is 13.4. The van der Waals surface area contributed by atoms with Crippen LogP contribution in [-0.4, -0.2) is 43.8 Å². The lowest BCUT2D eigenvalue weighted by atomic mass is 10.9. The molecule has 1 atom stereocenters. The van der Waals surface area contributed by atoms with Gasteiger partial charge in [-0.25, -0.2) is 0 Å². The summed E-state index contributed by atoms with van der Waals surface area (Å²) in [5, 5.41) is 0.708. The first-order valence-corrected chi connectivity index (χ1v) is 8.15. The Labute approximate surface area is 87.8 Å². The minimum Gasteiger partial charge on any atom is -0.357 e. The third-order valence-electron chi connectivity index (χ3n) is 1.23. The van der Waals surface area contributed by atoms with Crippen LogP contribution in [-0.2, 0) is 9.09 Å². The first-order valence-electron chi connectivity index (χ1n) is 3.52. The van der Waals surface area contributed by atoms with Crippen molar-refractivity contribution in [2.45, 2.75) is 0 Å². The van der Waals surface area contributed by atoms with Crippen molar-refractivity contribution in [3.63, 3.8) is 0 Å². The molecule has 0 rings (SSSR count). The summed E-state index contributed by atoms with van der Waals surface area (Å²) < 4.78 is 20.7. The van der Waals surface area contributed by atoms with Gasteiger partial charge in [-0.05, 0) is 23.9 Å². The van der Waals surface area contributed by atoms with E-state index in [1.807, 2.05) is 25.3 Å². The van der Waals surface area contributed by atoms with Gasteiger partial charge >= 0.3 is 6.72 Å². The van der Waals surface area contributed by atoms with E-state index >= 15 is 0 Å². The number of hydrogen-bond acceptors (Lipinski definition) is 4. The van der Waals surface area contributed by atoms with Crippen LogP contribution in [0.5, 0.6) is 0 Å². The fourth-order valence-corrected chi connectivity index (χ4v) is 3.37. The number of amidine groups is 1. The van der Waals surface area contributed by atoms with Gasteiger partial charge in [-0.2, -0.15) is 4.76 Å². The van der Waals surface area contributed by atoms with Crippen molar-refractivity contribution in [1.29, 1.82) is 0 Å². The van der Waals surface area contributed by atoms with Crippen LogP contribution in [0.25, 0.3) is 0 Å². The summed E-state index contributed by atoms with van der Waals surface area (Å²) in [4.78, 5) is 1.81. The van der Waals surface area contributed by atoms with Gasteiger partial charge in [0.2, 0.25) is 0 Å². The third kappa shape index (κ3) is 4.40. The summed E-state index contributed by atoms with van der Waals surface area (Å²) in [5.41, 5.74) is 0. The van der Waals surface area contributed by atoms with Gasteiger partial charge in [0.15, 0.2) is 5.17 Å². The van der Waals surface area contributed by atoms with Crippen LogP contribution in [0.3, 0.4) is 0 Å². The second kappa shape index (κ2) is 5.96. The maximum atomic E-state index is 11.7. The largest absolute Gasteiger partial charge is 0.373 e. The summed E-state index contributed by atoms with van der Waals surface area (Å²) >= 11 is 2.59. The predicted molar refractivity (Wildman–Crippen MR) is 62.8 cm³/mol. The van der Waals surface area contributed by atoms with Crippen molar-refractivity contribution in [2.75, 3.05) is 33.7 Å². The Balaban J connectivity index is 4.75. The lowest BCUT2D eigenvalue weighted by molar-refractivity contribution is 0.410. The highest BCUT2D eigenvalue weighted by Gasteiger charge is 2.20. The topological polar surface area (TPSA) is 41.9 Å². The predicted octanol–water partition coefficient (Wildman–Crippen LogP) is 2.38. The monoisotopic (exact) mass is 242 g/mol. The smallest absolute Gasteiger partial charge is 0.357 e. The van der Waals surface area contributed by atoms with E-state index in [0.29, 0.717) is 5.17 Å². The Morgan fingerprint density at radius 1 is 1.46 bits per heavy atom. The lowest BCUT2D eigenvalue weighted by Gasteiger charge is -2.15. The van der Waals surface area contributed by atoms with Crippen LogP contribution in [0.15, 0.2) is 4.76 Å². The summed E-state index contributed by atoms with van der Waals surface area (Å²) in [6.07, 6.45) is 3.61. The van der Waals surface area contributed by atoms with Crippen LogP contribution in [0.1, 0.15) is 0 Å². The van der Waals surface area contributed by atoms with Crippen LogP contribution in [0.4, 0.5) is 0 Å². The molecule has 0 spiro atoms. The van der Waals surface area contributed by atoms with Crippen molar-refractivity contribution in [1.82, 2.24) is 4.90 Å². The van der Waals surface area contributed by atoms with Crippen LogP contribution in [0, 0.1) is 0 Å². The van der Waals surface area contributed by atoms with Gasteiger partial charge < -0.3 is 9.42 Å². The summed E-state index contributed by atoms with van der Waals surface area (Å²) in [5.74, 6) is 0. The summed E-state index contributed by atoms with van der Waals surface area (Å²) in [7, 11) is 5.12. The van der Waals surface area contributed by atoms with E-state index in [1.54, 1.807) is 6.26 Å². The molecule has 78 valence electrons. The maximum Gasteiger partial charge on any atom is 0.373 e. The van der Waals surface area contributed by atoms with E-state index in [1.165, 1.54) is 18.9 Å². The van der Waals surface area contributed by atoms with Gasteiger partial charge in [-0.1, -0.05) is 11.8 Å². The highest BCUT2D eigenvalue weighted by molar-refractivity contribution is 8.56. The van der Waals surface area contributed by atoms with Crippen molar-refractivity contribution < 1.29 is 9.09 Å². The van der Waals surface area contributed by atoms with Crippen LogP contribution >= 0.6 is 29.9 Å². The number of thioether (sulfide) groups is 1. The normalized spacial score (nSPS) is 16.8. The molecule has 0 amide bonds. The highest BCUT2D eigenvalue weighted by Crippen LogP contribution is 2.59. The van der Waals surface area contributed by atoms with Crippen molar-refractivity contribution in [3.05, 3.63) is 0 Å². The summed E-state index contributed by atoms with van der Waals surface area (Å²) in [6, 6.07) is 0. The zero-order chi connectivity index (χ0) is 10.5. The fraction of sp³-hybridized carbons (Fsp3) is 0.833. The average molecular weight is 242 g/mol. The van der Waals surface area contributed by atoms with Crippen molar-refractivity contribution >= 4 is 35.0 Å². The highest BCUT2D eigenvalue weighted by atomic mass is 32.7. The standard InChI is InChI=1S/C6H15N2O2PS2/c1-8(2)6(12-4)7-11(9,10-3)13-5/h1-5H3. The van der Waals surface area contributed by atoms with Crippen molar-refractivity contribution in [2.24, 2.45) is 4.76 Å². The molecule has 1 unspecified atom stereocenters. The quantitative estimate of drug-likeness (QED) is 0.432. The van der Waals surface area contributed by atoms with E-state index in [2.05, 4.69) is 4.76 Å². The molecule has 0 radical (unpaired) electrons. The second-order valence-corrected chi connectivity index (χ2v) is 7.44. The molecule has 4 nitrogen and oxygen atoms in total. The van der Waals surface area contributed by atoms with Gasteiger partial charge in [0.05, 0.1) is 0 Å². The molecule has 0 aromatic heterocycles. The van der Waals surface area contributed by atoms with E-state index < -0.39 is 6.72 Å².